The van der Waals surface area contributed by atoms with Gasteiger partial charge < -0.3 is 15.0 Å². The zero-order valence-electron chi connectivity index (χ0n) is 10.9. The van der Waals surface area contributed by atoms with Crippen molar-refractivity contribution in [3.8, 4) is 0 Å². The Kier molecular flexibility index (Phi) is 4.33. The fourth-order valence-corrected chi connectivity index (χ4v) is 2.31. The number of carbonyl (C=O) groups excluding carboxylic acids is 1. The lowest BCUT2D eigenvalue weighted by molar-refractivity contribution is -0.143. The van der Waals surface area contributed by atoms with E-state index in [0.717, 1.165) is 25.2 Å². The van der Waals surface area contributed by atoms with Crippen LogP contribution in [0.2, 0.25) is 0 Å². The van der Waals surface area contributed by atoms with Crippen LogP contribution in [0.15, 0.2) is 30.3 Å². The molecule has 1 saturated heterocycles. The quantitative estimate of drug-likeness (QED) is 0.873. The molecule has 0 unspecified atom stereocenters. The maximum Gasteiger partial charge on any atom is 0.256 e. The van der Waals surface area contributed by atoms with Crippen molar-refractivity contribution >= 4 is 5.91 Å². The molecule has 0 aromatic heterocycles. The highest BCUT2D eigenvalue weighted by atomic mass is 16.5. The number of benzene rings is 1. The first-order valence-electron chi connectivity index (χ1n) is 6.32. The topological polar surface area (TPSA) is 41.6 Å². The molecule has 4 nitrogen and oxygen atoms in total. The summed E-state index contributed by atoms with van der Waals surface area (Å²) in [5.41, 5.74) is 0.913. The molecule has 1 amide bonds. The van der Waals surface area contributed by atoms with E-state index in [0.29, 0.717) is 6.04 Å². The third-order valence-electron chi connectivity index (χ3n) is 3.24. The van der Waals surface area contributed by atoms with Crippen molar-refractivity contribution in [2.45, 2.75) is 19.1 Å². The molecule has 98 valence electrons. The number of ether oxygens (including phenoxy) is 1. The van der Waals surface area contributed by atoms with E-state index in [1.807, 2.05) is 35.2 Å². The van der Waals surface area contributed by atoms with Gasteiger partial charge in [-0.25, -0.2) is 0 Å². The van der Waals surface area contributed by atoms with Crippen molar-refractivity contribution in [3.05, 3.63) is 35.9 Å². The van der Waals surface area contributed by atoms with Crippen LogP contribution in [0.5, 0.6) is 0 Å². The van der Waals surface area contributed by atoms with Gasteiger partial charge in [-0.15, -0.1) is 0 Å². The molecular formula is C14H20N2O2. The Hall–Kier alpha value is -1.39. The van der Waals surface area contributed by atoms with Crippen LogP contribution in [0.25, 0.3) is 0 Å². The largest absolute Gasteiger partial charge is 0.367 e. The summed E-state index contributed by atoms with van der Waals surface area (Å²) < 4.78 is 5.38. The van der Waals surface area contributed by atoms with E-state index in [1.54, 1.807) is 7.11 Å². The van der Waals surface area contributed by atoms with Gasteiger partial charge in [-0.3, -0.25) is 4.79 Å². The maximum atomic E-state index is 12.4. The number of rotatable bonds is 3. The van der Waals surface area contributed by atoms with Crippen LogP contribution in [-0.2, 0) is 9.53 Å². The van der Waals surface area contributed by atoms with E-state index in [4.69, 9.17) is 4.74 Å². The predicted molar refractivity (Wildman–Crippen MR) is 70.2 cm³/mol. The van der Waals surface area contributed by atoms with E-state index in [-0.39, 0.29) is 5.91 Å². The molecule has 1 N–H and O–H groups in total. The first kappa shape index (κ1) is 13.1. The molecule has 1 heterocycles. The second kappa shape index (κ2) is 5.98. The van der Waals surface area contributed by atoms with Gasteiger partial charge in [0.25, 0.3) is 5.91 Å². The molecule has 18 heavy (non-hydrogen) atoms. The number of hydrogen-bond donors (Lipinski definition) is 1. The van der Waals surface area contributed by atoms with E-state index in [2.05, 4.69) is 12.2 Å². The second-order valence-electron chi connectivity index (χ2n) is 4.67. The van der Waals surface area contributed by atoms with Crippen molar-refractivity contribution in [2.75, 3.05) is 26.7 Å². The fraction of sp³-hybridized carbons (Fsp3) is 0.500. The third-order valence-corrected chi connectivity index (χ3v) is 3.24. The van der Waals surface area contributed by atoms with Crippen LogP contribution in [0.4, 0.5) is 0 Å². The zero-order chi connectivity index (χ0) is 13.0. The summed E-state index contributed by atoms with van der Waals surface area (Å²) in [5.74, 6) is 0.0528. The molecule has 1 aliphatic rings. The van der Waals surface area contributed by atoms with Crippen LogP contribution in [0.1, 0.15) is 18.6 Å². The van der Waals surface area contributed by atoms with Crippen molar-refractivity contribution < 1.29 is 9.53 Å². The molecule has 0 radical (unpaired) electrons. The van der Waals surface area contributed by atoms with Gasteiger partial charge in [0.2, 0.25) is 0 Å². The molecule has 1 aromatic rings. The Morgan fingerprint density at radius 2 is 2.17 bits per heavy atom. The average molecular weight is 248 g/mol. The molecule has 0 spiro atoms. The Morgan fingerprint density at radius 1 is 1.44 bits per heavy atom. The van der Waals surface area contributed by atoms with Crippen LogP contribution < -0.4 is 5.32 Å². The molecule has 1 fully saturated rings. The Morgan fingerprint density at radius 3 is 2.78 bits per heavy atom. The van der Waals surface area contributed by atoms with E-state index >= 15 is 0 Å². The van der Waals surface area contributed by atoms with Gasteiger partial charge in [-0.05, 0) is 12.5 Å². The SMILES string of the molecule is CO[C@H](C(=O)N1CCN[C@@H](C)C1)c1ccccc1. The minimum atomic E-state index is -0.489. The summed E-state index contributed by atoms with van der Waals surface area (Å²) in [6.45, 7) is 4.42. The molecule has 4 heteroatoms. The third kappa shape index (κ3) is 2.89. The number of hydrogen-bond acceptors (Lipinski definition) is 3. The highest BCUT2D eigenvalue weighted by Gasteiger charge is 2.28. The highest BCUT2D eigenvalue weighted by molar-refractivity contribution is 5.82. The smallest absolute Gasteiger partial charge is 0.256 e. The van der Waals surface area contributed by atoms with Gasteiger partial charge in [0.05, 0.1) is 0 Å². The van der Waals surface area contributed by atoms with Gasteiger partial charge in [0.15, 0.2) is 6.10 Å². The van der Waals surface area contributed by atoms with Crippen molar-refractivity contribution in [1.82, 2.24) is 10.2 Å². The normalized spacial score (nSPS) is 21.7. The highest BCUT2D eigenvalue weighted by Crippen LogP contribution is 2.19. The van der Waals surface area contributed by atoms with Crippen LogP contribution in [0, 0.1) is 0 Å². The lowest BCUT2D eigenvalue weighted by Gasteiger charge is -2.34. The number of amides is 1. The fourth-order valence-electron chi connectivity index (χ4n) is 2.31. The molecule has 0 bridgehead atoms. The lowest BCUT2D eigenvalue weighted by Crippen LogP contribution is -2.52. The second-order valence-corrected chi connectivity index (χ2v) is 4.67. The first-order chi connectivity index (χ1) is 8.72. The van der Waals surface area contributed by atoms with Gasteiger partial charge in [-0.2, -0.15) is 0 Å². The number of carbonyl (C=O) groups is 1. The summed E-state index contributed by atoms with van der Waals surface area (Å²) in [4.78, 5) is 14.3. The number of piperazine rings is 1. The zero-order valence-corrected chi connectivity index (χ0v) is 10.9. The van der Waals surface area contributed by atoms with Gasteiger partial charge in [0.1, 0.15) is 0 Å². The van der Waals surface area contributed by atoms with Crippen LogP contribution >= 0.6 is 0 Å². The van der Waals surface area contributed by atoms with Gasteiger partial charge >= 0.3 is 0 Å². The van der Waals surface area contributed by atoms with E-state index < -0.39 is 6.10 Å². The monoisotopic (exact) mass is 248 g/mol. The van der Waals surface area contributed by atoms with E-state index in [1.165, 1.54) is 0 Å². The molecule has 2 rings (SSSR count). The van der Waals surface area contributed by atoms with Crippen molar-refractivity contribution in [3.63, 3.8) is 0 Å². The van der Waals surface area contributed by atoms with Gasteiger partial charge in [0, 0.05) is 32.8 Å². The van der Waals surface area contributed by atoms with Crippen molar-refractivity contribution in [1.29, 1.82) is 0 Å². The summed E-state index contributed by atoms with van der Waals surface area (Å²) in [5, 5.41) is 3.33. The summed E-state index contributed by atoms with van der Waals surface area (Å²) >= 11 is 0. The summed E-state index contributed by atoms with van der Waals surface area (Å²) in [6.07, 6.45) is -0.489. The number of nitrogens with one attached hydrogen (secondary N) is 1. The predicted octanol–water partition coefficient (Wildman–Crippen LogP) is 1.19. The lowest BCUT2D eigenvalue weighted by atomic mass is 10.1. The molecule has 1 aliphatic heterocycles. The standard InChI is InChI=1S/C14H20N2O2/c1-11-10-16(9-8-15-11)14(17)13(18-2)12-6-4-3-5-7-12/h3-7,11,13,15H,8-10H2,1-2H3/t11-,13-/m0/s1. The molecule has 2 atom stereocenters. The summed E-state index contributed by atoms with van der Waals surface area (Å²) in [6, 6.07) is 9.99. The first-order valence-corrected chi connectivity index (χ1v) is 6.32. The maximum absolute atomic E-state index is 12.4. The number of methoxy groups -OCH3 is 1. The molecule has 0 saturated carbocycles. The van der Waals surface area contributed by atoms with Crippen LogP contribution in [-0.4, -0.2) is 43.6 Å². The number of nitrogens with zero attached hydrogens (tertiary/aromatic N) is 1. The minimum Gasteiger partial charge on any atom is -0.367 e. The molecule has 1 aromatic carbocycles. The van der Waals surface area contributed by atoms with Crippen molar-refractivity contribution in [2.24, 2.45) is 0 Å². The van der Waals surface area contributed by atoms with Gasteiger partial charge in [-0.1, -0.05) is 30.3 Å². The Bertz CT molecular complexity index is 394. The average Bonchev–Trinajstić information content (AvgIpc) is 2.41. The minimum absolute atomic E-state index is 0.0528. The van der Waals surface area contributed by atoms with E-state index in [9.17, 15) is 4.79 Å². The Labute approximate surface area is 108 Å². The van der Waals surface area contributed by atoms with Crippen LogP contribution in [0.3, 0.4) is 0 Å². The molecular weight excluding hydrogens is 228 g/mol. The Balaban J connectivity index is 2.10. The summed E-state index contributed by atoms with van der Waals surface area (Å²) in [7, 11) is 1.58. The molecule has 0 aliphatic carbocycles.